The molecule has 1 aliphatic carbocycles. The molecule has 0 atom stereocenters. The molecule has 2 rings (SSSR count). The molecule has 7 heteroatoms. The number of nitrogen functional groups attached to an aromatic ring is 1. The van der Waals surface area contributed by atoms with Crippen LogP contribution in [-0.2, 0) is 11.3 Å². The van der Waals surface area contributed by atoms with Crippen LogP contribution in [0.1, 0.15) is 29.1 Å². The predicted molar refractivity (Wildman–Crippen MR) is 68.0 cm³/mol. The summed E-state index contributed by atoms with van der Waals surface area (Å²) in [7, 11) is 1.96. The molecule has 3 N–H and O–H groups in total. The van der Waals surface area contributed by atoms with Gasteiger partial charge in [0, 0.05) is 19.2 Å². The van der Waals surface area contributed by atoms with Crippen molar-refractivity contribution in [3.63, 3.8) is 0 Å². The first-order valence-corrected chi connectivity index (χ1v) is 6.42. The van der Waals surface area contributed by atoms with Crippen molar-refractivity contribution >= 4 is 5.91 Å². The molecule has 0 aromatic carbocycles. The van der Waals surface area contributed by atoms with Gasteiger partial charge in [0.2, 0.25) is 0 Å². The van der Waals surface area contributed by atoms with Gasteiger partial charge in [-0.1, -0.05) is 5.16 Å². The molecular weight excluding hydrogens is 248 g/mol. The van der Waals surface area contributed by atoms with E-state index in [4.69, 9.17) is 15.1 Å². The van der Waals surface area contributed by atoms with Crippen LogP contribution in [-0.4, -0.2) is 42.8 Å². The fourth-order valence-electron chi connectivity index (χ4n) is 1.67. The number of hydrogen-bond donors (Lipinski definition) is 2. The van der Waals surface area contributed by atoms with Gasteiger partial charge in [0.1, 0.15) is 0 Å². The number of amides is 1. The van der Waals surface area contributed by atoms with Crippen LogP contribution in [0.4, 0.5) is 0 Å². The van der Waals surface area contributed by atoms with Crippen LogP contribution in [0.3, 0.4) is 0 Å². The SMILES string of the molecule is CN(CCOCC1CC1)Cc1cc(C(=O)NN)no1. The van der Waals surface area contributed by atoms with Gasteiger partial charge in [-0.3, -0.25) is 15.1 Å². The fourth-order valence-corrected chi connectivity index (χ4v) is 1.67. The van der Waals surface area contributed by atoms with Crippen LogP contribution in [0, 0.1) is 5.92 Å². The molecule has 1 aliphatic rings. The Balaban J connectivity index is 1.67. The maximum absolute atomic E-state index is 11.2. The van der Waals surface area contributed by atoms with Crippen molar-refractivity contribution < 1.29 is 14.1 Å². The largest absolute Gasteiger partial charge is 0.380 e. The van der Waals surface area contributed by atoms with Crippen LogP contribution in [0.25, 0.3) is 0 Å². The summed E-state index contributed by atoms with van der Waals surface area (Å²) >= 11 is 0. The molecule has 0 bridgehead atoms. The molecule has 19 heavy (non-hydrogen) atoms. The number of ether oxygens (including phenoxy) is 1. The maximum Gasteiger partial charge on any atom is 0.287 e. The van der Waals surface area contributed by atoms with Crippen LogP contribution in [0.15, 0.2) is 10.6 Å². The molecule has 0 spiro atoms. The summed E-state index contributed by atoms with van der Waals surface area (Å²) in [6, 6.07) is 1.59. The molecular formula is C12H20N4O3. The normalized spacial score (nSPS) is 14.9. The van der Waals surface area contributed by atoms with E-state index in [1.807, 2.05) is 12.5 Å². The Morgan fingerprint density at radius 3 is 3.16 bits per heavy atom. The third-order valence-corrected chi connectivity index (χ3v) is 3.02. The number of rotatable bonds is 8. The molecule has 7 nitrogen and oxygen atoms in total. The molecule has 1 amide bonds. The lowest BCUT2D eigenvalue weighted by molar-refractivity contribution is 0.0944. The summed E-state index contributed by atoms with van der Waals surface area (Å²) in [5.41, 5.74) is 2.20. The molecule has 1 aromatic heterocycles. The fraction of sp³-hybridized carbons (Fsp3) is 0.667. The quantitative estimate of drug-likeness (QED) is 0.301. The molecule has 0 radical (unpaired) electrons. The van der Waals surface area contributed by atoms with E-state index in [2.05, 4.69) is 10.1 Å². The number of carbonyl (C=O) groups is 1. The predicted octanol–water partition coefficient (Wildman–Crippen LogP) is 0.137. The zero-order valence-electron chi connectivity index (χ0n) is 11.1. The number of nitrogens with one attached hydrogen (secondary N) is 1. The summed E-state index contributed by atoms with van der Waals surface area (Å²) in [4.78, 5) is 13.3. The highest BCUT2D eigenvalue weighted by Crippen LogP contribution is 2.28. The van der Waals surface area contributed by atoms with Gasteiger partial charge in [-0.25, -0.2) is 5.84 Å². The monoisotopic (exact) mass is 268 g/mol. The molecule has 1 heterocycles. The smallest absolute Gasteiger partial charge is 0.287 e. The van der Waals surface area contributed by atoms with E-state index < -0.39 is 5.91 Å². The highest BCUT2D eigenvalue weighted by Gasteiger charge is 2.21. The Kier molecular flexibility index (Phi) is 4.89. The average Bonchev–Trinajstić information content (AvgIpc) is 3.12. The highest BCUT2D eigenvalue weighted by molar-refractivity contribution is 5.91. The van der Waals surface area contributed by atoms with Crippen molar-refractivity contribution in [2.75, 3.05) is 26.8 Å². The maximum atomic E-state index is 11.2. The van der Waals surface area contributed by atoms with E-state index in [1.165, 1.54) is 12.8 Å². The van der Waals surface area contributed by atoms with Gasteiger partial charge >= 0.3 is 0 Å². The van der Waals surface area contributed by atoms with Gasteiger partial charge in [0.05, 0.1) is 13.2 Å². The minimum absolute atomic E-state index is 0.191. The van der Waals surface area contributed by atoms with E-state index >= 15 is 0 Å². The average molecular weight is 268 g/mol. The van der Waals surface area contributed by atoms with E-state index in [0.717, 1.165) is 19.1 Å². The molecule has 0 aliphatic heterocycles. The van der Waals surface area contributed by atoms with Crippen LogP contribution in [0.2, 0.25) is 0 Å². The van der Waals surface area contributed by atoms with E-state index in [-0.39, 0.29) is 5.69 Å². The number of hydrogen-bond acceptors (Lipinski definition) is 6. The molecule has 1 saturated carbocycles. The number of nitrogens with zero attached hydrogens (tertiary/aromatic N) is 2. The molecule has 1 aromatic rings. The van der Waals surface area contributed by atoms with E-state index in [1.54, 1.807) is 6.07 Å². The molecule has 0 saturated heterocycles. The Bertz CT molecular complexity index is 417. The topological polar surface area (TPSA) is 93.6 Å². The molecule has 0 unspecified atom stereocenters. The second-order valence-corrected chi connectivity index (χ2v) is 4.91. The Hall–Kier alpha value is -1.44. The zero-order chi connectivity index (χ0) is 13.7. The van der Waals surface area contributed by atoms with Crippen molar-refractivity contribution in [2.45, 2.75) is 19.4 Å². The second-order valence-electron chi connectivity index (χ2n) is 4.91. The second kappa shape index (κ2) is 6.65. The highest BCUT2D eigenvalue weighted by atomic mass is 16.5. The van der Waals surface area contributed by atoms with Crippen molar-refractivity contribution in [1.29, 1.82) is 0 Å². The third-order valence-electron chi connectivity index (χ3n) is 3.02. The van der Waals surface area contributed by atoms with Gasteiger partial charge in [-0.2, -0.15) is 0 Å². The van der Waals surface area contributed by atoms with Gasteiger partial charge in [-0.15, -0.1) is 0 Å². The minimum atomic E-state index is -0.453. The van der Waals surface area contributed by atoms with E-state index in [0.29, 0.717) is 18.9 Å². The summed E-state index contributed by atoms with van der Waals surface area (Å²) in [5, 5.41) is 3.64. The Morgan fingerprint density at radius 2 is 2.47 bits per heavy atom. The number of likely N-dealkylation sites (N-methyl/N-ethyl adjacent to an activating group) is 1. The van der Waals surface area contributed by atoms with Gasteiger partial charge in [0.15, 0.2) is 11.5 Å². The first-order chi connectivity index (χ1) is 9.19. The summed E-state index contributed by atoms with van der Waals surface area (Å²) in [6.45, 7) is 2.97. The number of carbonyl (C=O) groups excluding carboxylic acids is 1. The van der Waals surface area contributed by atoms with Gasteiger partial charge in [-0.05, 0) is 25.8 Å². The van der Waals surface area contributed by atoms with Crippen LogP contribution >= 0.6 is 0 Å². The first-order valence-electron chi connectivity index (χ1n) is 6.42. The molecule has 106 valence electrons. The Morgan fingerprint density at radius 1 is 1.68 bits per heavy atom. The number of aromatic nitrogens is 1. The summed E-state index contributed by atoms with van der Waals surface area (Å²) in [5.74, 6) is 5.98. The van der Waals surface area contributed by atoms with E-state index in [9.17, 15) is 4.79 Å². The van der Waals surface area contributed by atoms with Gasteiger partial charge < -0.3 is 9.26 Å². The number of nitrogens with two attached hydrogens (primary N) is 1. The van der Waals surface area contributed by atoms with Crippen molar-refractivity contribution in [3.8, 4) is 0 Å². The third kappa shape index (κ3) is 4.62. The summed E-state index contributed by atoms with van der Waals surface area (Å²) < 4.78 is 10.6. The standard InChI is InChI=1S/C12H20N4O3/c1-16(4-5-18-8-9-2-3-9)7-10-6-11(15-19-10)12(17)14-13/h6,9H,2-5,7-8,13H2,1H3,(H,14,17). The first kappa shape index (κ1) is 14.0. The van der Waals surface area contributed by atoms with Crippen molar-refractivity contribution in [3.05, 3.63) is 17.5 Å². The lowest BCUT2D eigenvalue weighted by atomic mass is 10.3. The van der Waals surface area contributed by atoms with Crippen molar-refractivity contribution in [1.82, 2.24) is 15.5 Å². The zero-order valence-corrected chi connectivity index (χ0v) is 11.1. The lowest BCUT2D eigenvalue weighted by Gasteiger charge is -2.14. The molecule has 1 fully saturated rings. The van der Waals surface area contributed by atoms with Crippen LogP contribution in [0.5, 0.6) is 0 Å². The minimum Gasteiger partial charge on any atom is -0.380 e. The Labute approximate surface area is 112 Å². The van der Waals surface area contributed by atoms with Gasteiger partial charge in [0.25, 0.3) is 5.91 Å². The summed E-state index contributed by atoms with van der Waals surface area (Å²) in [6.07, 6.45) is 2.61. The number of hydrazine groups is 1. The van der Waals surface area contributed by atoms with Crippen molar-refractivity contribution in [2.24, 2.45) is 11.8 Å². The lowest BCUT2D eigenvalue weighted by Crippen LogP contribution is -2.30. The van der Waals surface area contributed by atoms with Crippen LogP contribution < -0.4 is 11.3 Å².